The van der Waals surface area contributed by atoms with E-state index < -0.39 is 10.8 Å². The fraction of sp³-hybridized carbons (Fsp3) is 0.533. The largest absolute Gasteiger partial charge is 0.493 e. The Labute approximate surface area is 124 Å². The molecule has 1 rings (SSSR count). The monoisotopic (exact) mass is 294 g/mol. The van der Waals surface area contributed by atoms with Gasteiger partial charge in [-0.25, -0.2) is 0 Å². The molecular formula is C15H22N2O4. The second-order valence-corrected chi connectivity index (χ2v) is 4.92. The van der Waals surface area contributed by atoms with Crippen LogP contribution < -0.4 is 10.5 Å². The van der Waals surface area contributed by atoms with Crippen LogP contribution in [0.3, 0.4) is 0 Å². The van der Waals surface area contributed by atoms with Gasteiger partial charge in [0.25, 0.3) is 11.6 Å². The third-order valence-corrected chi connectivity index (χ3v) is 3.19. The molecule has 1 aromatic rings. The van der Waals surface area contributed by atoms with Gasteiger partial charge >= 0.3 is 0 Å². The van der Waals surface area contributed by atoms with E-state index in [0.29, 0.717) is 12.4 Å². The molecule has 0 heterocycles. The quantitative estimate of drug-likeness (QED) is 0.406. The zero-order valence-electron chi connectivity index (χ0n) is 12.3. The number of non-ortho nitro benzene ring substituents is 1. The minimum Gasteiger partial charge on any atom is -0.493 e. The molecule has 1 amide bonds. The molecule has 0 aliphatic heterocycles. The second kappa shape index (κ2) is 8.94. The summed E-state index contributed by atoms with van der Waals surface area (Å²) < 4.78 is 5.52. The number of unbranched alkanes of at least 4 members (excludes halogenated alkanes) is 5. The zero-order chi connectivity index (χ0) is 15.7. The van der Waals surface area contributed by atoms with Crippen LogP contribution in [0.1, 0.15) is 55.8 Å². The smallest absolute Gasteiger partial charge is 0.270 e. The molecule has 0 radical (unpaired) electrons. The third kappa shape index (κ3) is 5.81. The number of hydrogen-bond acceptors (Lipinski definition) is 4. The number of amides is 1. The maximum absolute atomic E-state index is 11.3. The van der Waals surface area contributed by atoms with E-state index in [1.165, 1.54) is 37.8 Å². The summed E-state index contributed by atoms with van der Waals surface area (Å²) in [6.45, 7) is 2.65. The summed E-state index contributed by atoms with van der Waals surface area (Å²) in [6, 6.07) is 3.89. The van der Waals surface area contributed by atoms with Crippen LogP contribution in [0.25, 0.3) is 0 Å². The van der Waals surface area contributed by atoms with E-state index in [2.05, 4.69) is 6.92 Å². The predicted molar refractivity (Wildman–Crippen MR) is 80.5 cm³/mol. The number of carbonyl (C=O) groups is 1. The molecule has 2 N–H and O–H groups in total. The van der Waals surface area contributed by atoms with E-state index in [4.69, 9.17) is 10.5 Å². The first-order valence-electron chi connectivity index (χ1n) is 7.27. The molecule has 0 saturated heterocycles. The van der Waals surface area contributed by atoms with Crippen molar-refractivity contribution in [3.63, 3.8) is 0 Å². The van der Waals surface area contributed by atoms with Crippen LogP contribution in [0.4, 0.5) is 5.69 Å². The molecule has 0 atom stereocenters. The number of primary amides is 1. The number of nitrogens with zero attached hydrogens (tertiary/aromatic N) is 1. The Kier molecular flexibility index (Phi) is 7.21. The Bertz CT molecular complexity index is 489. The molecule has 0 aliphatic rings. The standard InChI is InChI=1S/C15H22N2O4/c1-2-3-4-5-6-7-10-21-14-9-8-12(17(19)20)11-13(14)15(16)18/h8-9,11H,2-7,10H2,1H3,(H2,16,18). The van der Waals surface area contributed by atoms with E-state index in [9.17, 15) is 14.9 Å². The van der Waals surface area contributed by atoms with Gasteiger partial charge in [-0.2, -0.15) is 0 Å². The van der Waals surface area contributed by atoms with Gasteiger partial charge < -0.3 is 10.5 Å². The molecule has 0 spiro atoms. The van der Waals surface area contributed by atoms with Crippen LogP contribution in [0, 0.1) is 10.1 Å². The number of hydrogen-bond donors (Lipinski definition) is 1. The Balaban J connectivity index is 2.51. The van der Waals surface area contributed by atoms with Crippen LogP contribution in [-0.2, 0) is 0 Å². The van der Waals surface area contributed by atoms with Crippen molar-refractivity contribution >= 4 is 11.6 Å². The molecule has 0 bridgehead atoms. The number of carbonyl (C=O) groups excluding carboxylic acids is 1. The first kappa shape index (κ1) is 16.9. The molecular weight excluding hydrogens is 272 g/mol. The van der Waals surface area contributed by atoms with Crippen molar-refractivity contribution in [2.75, 3.05) is 6.61 Å². The predicted octanol–water partition coefficient (Wildman–Crippen LogP) is 3.43. The van der Waals surface area contributed by atoms with Crippen LogP contribution >= 0.6 is 0 Å². The number of nitro groups is 1. The van der Waals surface area contributed by atoms with Crippen molar-refractivity contribution in [1.82, 2.24) is 0 Å². The van der Waals surface area contributed by atoms with Gasteiger partial charge in [0.15, 0.2) is 0 Å². The summed E-state index contributed by atoms with van der Waals surface area (Å²) >= 11 is 0. The second-order valence-electron chi connectivity index (χ2n) is 4.92. The molecule has 21 heavy (non-hydrogen) atoms. The summed E-state index contributed by atoms with van der Waals surface area (Å²) in [5.41, 5.74) is 5.11. The lowest BCUT2D eigenvalue weighted by Crippen LogP contribution is -2.14. The van der Waals surface area contributed by atoms with Gasteiger partial charge in [-0.1, -0.05) is 39.0 Å². The van der Waals surface area contributed by atoms with E-state index in [1.54, 1.807) is 0 Å². The molecule has 0 aromatic heterocycles. The van der Waals surface area contributed by atoms with Gasteiger partial charge in [-0.3, -0.25) is 14.9 Å². The average Bonchev–Trinajstić information content (AvgIpc) is 2.46. The van der Waals surface area contributed by atoms with Crippen molar-refractivity contribution in [3.05, 3.63) is 33.9 Å². The van der Waals surface area contributed by atoms with E-state index in [0.717, 1.165) is 18.9 Å². The highest BCUT2D eigenvalue weighted by atomic mass is 16.6. The Morgan fingerprint density at radius 3 is 2.52 bits per heavy atom. The fourth-order valence-corrected chi connectivity index (χ4v) is 2.01. The SMILES string of the molecule is CCCCCCCCOc1ccc([N+](=O)[O-])cc1C(N)=O. The van der Waals surface area contributed by atoms with Crippen LogP contribution in [0.2, 0.25) is 0 Å². The summed E-state index contributed by atoms with van der Waals surface area (Å²) in [6.07, 6.45) is 6.80. The van der Waals surface area contributed by atoms with Gasteiger partial charge in [0, 0.05) is 12.1 Å². The van der Waals surface area contributed by atoms with Gasteiger partial charge in [-0.15, -0.1) is 0 Å². The lowest BCUT2D eigenvalue weighted by molar-refractivity contribution is -0.384. The Morgan fingerprint density at radius 2 is 1.90 bits per heavy atom. The normalized spacial score (nSPS) is 10.3. The number of nitro benzene ring substituents is 1. The summed E-state index contributed by atoms with van der Waals surface area (Å²) in [4.78, 5) is 21.4. The molecule has 0 saturated carbocycles. The van der Waals surface area contributed by atoms with Gasteiger partial charge in [0.05, 0.1) is 17.1 Å². The van der Waals surface area contributed by atoms with Crippen LogP contribution in [-0.4, -0.2) is 17.4 Å². The lowest BCUT2D eigenvalue weighted by atomic mass is 10.1. The highest BCUT2D eigenvalue weighted by Crippen LogP contribution is 2.24. The van der Waals surface area contributed by atoms with Gasteiger partial charge in [0.2, 0.25) is 0 Å². The molecule has 0 aliphatic carbocycles. The number of benzene rings is 1. The van der Waals surface area contributed by atoms with Crippen molar-refractivity contribution in [1.29, 1.82) is 0 Å². The van der Waals surface area contributed by atoms with E-state index in [-0.39, 0.29) is 11.3 Å². The van der Waals surface area contributed by atoms with Crippen molar-refractivity contribution < 1.29 is 14.5 Å². The Hall–Kier alpha value is -2.11. The fourth-order valence-electron chi connectivity index (χ4n) is 2.01. The molecule has 6 nitrogen and oxygen atoms in total. The highest BCUT2D eigenvalue weighted by Gasteiger charge is 2.15. The summed E-state index contributed by atoms with van der Waals surface area (Å²) in [7, 11) is 0. The van der Waals surface area contributed by atoms with Crippen molar-refractivity contribution in [2.24, 2.45) is 5.73 Å². The maximum atomic E-state index is 11.3. The van der Waals surface area contributed by atoms with Gasteiger partial charge in [-0.05, 0) is 12.5 Å². The number of ether oxygens (including phenoxy) is 1. The van der Waals surface area contributed by atoms with Crippen LogP contribution in [0.5, 0.6) is 5.75 Å². The van der Waals surface area contributed by atoms with E-state index >= 15 is 0 Å². The minimum atomic E-state index is -0.725. The first-order chi connectivity index (χ1) is 10.1. The van der Waals surface area contributed by atoms with Crippen molar-refractivity contribution in [2.45, 2.75) is 45.4 Å². The highest BCUT2D eigenvalue weighted by molar-refractivity contribution is 5.96. The molecule has 0 unspecified atom stereocenters. The summed E-state index contributed by atoms with van der Waals surface area (Å²) in [5, 5.41) is 10.7. The molecule has 6 heteroatoms. The molecule has 116 valence electrons. The van der Waals surface area contributed by atoms with Gasteiger partial charge in [0.1, 0.15) is 5.75 Å². The average molecular weight is 294 g/mol. The lowest BCUT2D eigenvalue weighted by Gasteiger charge is -2.09. The number of rotatable bonds is 10. The van der Waals surface area contributed by atoms with Crippen LogP contribution in [0.15, 0.2) is 18.2 Å². The first-order valence-corrected chi connectivity index (χ1v) is 7.27. The Morgan fingerprint density at radius 1 is 1.24 bits per heavy atom. The topological polar surface area (TPSA) is 95.5 Å². The zero-order valence-corrected chi connectivity index (χ0v) is 12.3. The number of nitrogens with two attached hydrogens (primary N) is 1. The minimum absolute atomic E-state index is 0.0511. The summed E-state index contributed by atoms with van der Waals surface area (Å²) in [5.74, 6) is -0.418. The molecule has 0 fully saturated rings. The maximum Gasteiger partial charge on any atom is 0.270 e. The molecule has 1 aromatic carbocycles. The van der Waals surface area contributed by atoms with Crippen molar-refractivity contribution in [3.8, 4) is 5.75 Å². The van der Waals surface area contributed by atoms with E-state index in [1.807, 2.05) is 0 Å². The third-order valence-electron chi connectivity index (χ3n) is 3.19.